The van der Waals surface area contributed by atoms with Gasteiger partial charge in [0, 0.05) is 5.56 Å². The largest absolute Gasteiger partial charge is 0.288 e. The van der Waals surface area contributed by atoms with Gasteiger partial charge in [-0.3, -0.25) is 10.0 Å². The topological polar surface area (TPSA) is 49.3 Å². The van der Waals surface area contributed by atoms with Crippen molar-refractivity contribution >= 4 is 5.91 Å². The third-order valence-corrected chi connectivity index (χ3v) is 3.33. The van der Waals surface area contributed by atoms with E-state index in [2.05, 4.69) is 26.0 Å². The van der Waals surface area contributed by atoms with E-state index in [1.807, 2.05) is 18.2 Å². The molecular formula is C16H19NO2. The molecule has 0 aliphatic heterocycles. The molecule has 0 aromatic heterocycles. The standard InChI is InChI=1S/C16H19NO2/c1-11(2)6-7-13-9-8-12-4-3-5-14(10-15(12)13)16(18)17-19/h3-5,8-11,19H,6-7H2,1-2H3,(H,17,18). The zero-order valence-electron chi connectivity index (χ0n) is 11.3. The third kappa shape index (κ3) is 3.12. The Morgan fingerprint density at radius 3 is 2.74 bits per heavy atom. The molecule has 0 unspecified atom stereocenters. The maximum Gasteiger partial charge on any atom is 0.274 e. The van der Waals surface area contributed by atoms with E-state index in [-0.39, 0.29) is 0 Å². The summed E-state index contributed by atoms with van der Waals surface area (Å²) in [4.78, 5) is 11.5. The van der Waals surface area contributed by atoms with Gasteiger partial charge in [0.25, 0.3) is 5.91 Å². The van der Waals surface area contributed by atoms with Crippen LogP contribution in [-0.2, 0) is 6.42 Å². The normalized spacial score (nSPS) is 10.9. The van der Waals surface area contributed by atoms with Crippen LogP contribution in [0, 0.1) is 5.92 Å². The van der Waals surface area contributed by atoms with E-state index in [1.54, 1.807) is 11.5 Å². The lowest BCUT2D eigenvalue weighted by atomic mass is 10.00. The first-order valence-electron chi connectivity index (χ1n) is 6.58. The number of rotatable bonds is 4. The molecule has 3 heteroatoms. The lowest BCUT2D eigenvalue weighted by molar-refractivity contribution is 0.0706. The maximum atomic E-state index is 11.5. The highest BCUT2D eigenvalue weighted by atomic mass is 16.5. The summed E-state index contributed by atoms with van der Waals surface area (Å²) in [6.45, 7) is 4.41. The number of fused-ring (bicyclic) bond motifs is 1. The van der Waals surface area contributed by atoms with Crippen LogP contribution in [0.5, 0.6) is 0 Å². The summed E-state index contributed by atoms with van der Waals surface area (Å²) in [5.41, 5.74) is 5.61. The Balaban J connectivity index is 2.38. The van der Waals surface area contributed by atoms with Crippen molar-refractivity contribution < 1.29 is 10.0 Å². The summed E-state index contributed by atoms with van der Waals surface area (Å²) in [5.74, 6) is 0.177. The summed E-state index contributed by atoms with van der Waals surface area (Å²) in [6.07, 6.45) is 2.13. The van der Waals surface area contributed by atoms with Crippen molar-refractivity contribution in [3.05, 3.63) is 47.5 Å². The highest BCUT2D eigenvalue weighted by molar-refractivity contribution is 5.94. The van der Waals surface area contributed by atoms with Crippen molar-refractivity contribution in [2.24, 2.45) is 5.92 Å². The molecule has 0 aromatic carbocycles. The first kappa shape index (κ1) is 13.6. The third-order valence-electron chi connectivity index (χ3n) is 3.33. The molecule has 3 nitrogen and oxygen atoms in total. The van der Waals surface area contributed by atoms with E-state index in [4.69, 9.17) is 5.21 Å². The lowest BCUT2D eigenvalue weighted by Crippen LogP contribution is -2.18. The van der Waals surface area contributed by atoms with Gasteiger partial charge in [-0.1, -0.05) is 38.1 Å². The van der Waals surface area contributed by atoms with Crippen LogP contribution in [0.25, 0.3) is 11.1 Å². The van der Waals surface area contributed by atoms with Crippen molar-refractivity contribution in [3.8, 4) is 11.1 Å². The highest BCUT2D eigenvalue weighted by Crippen LogP contribution is 2.29. The smallest absolute Gasteiger partial charge is 0.274 e. The van der Waals surface area contributed by atoms with Crippen molar-refractivity contribution in [1.29, 1.82) is 0 Å². The number of hydroxylamine groups is 1. The minimum atomic E-state index is -0.478. The summed E-state index contributed by atoms with van der Waals surface area (Å²) < 4.78 is 0. The Morgan fingerprint density at radius 2 is 2.05 bits per heavy atom. The monoisotopic (exact) mass is 257 g/mol. The molecule has 0 heterocycles. The number of carbonyl (C=O) groups is 1. The highest BCUT2D eigenvalue weighted by Gasteiger charge is 2.11. The van der Waals surface area contributed by atoms with E-state index < -0.39 is 5.91 Å². The molecule has 0 bridgehead atoms. The van der Waals surface area contributed by atoms with Gasteiger partial charge in [0.05, 0.1) is 0 Å². The molecule has 0 spiro atoms. The first-order valence-corrected chi connectivity index (χ1v) is 6.58. The zero-order chi connectivity index (χ0) is 13.8. The Labute approximate surface area is 113 Å². The summed E-state index contributed by atoms with van der Waals surface area (Å²) in [6, 6.07) is 11.6. The van der Waals surface area contributed by atoms with Gasteiger partial charge >= 0.3 is 0 Å². The molecule has 2 rings (SSSR count). The Bertz CT molecular complexity index is 549. The van der Waals surface area contributed by atoms with E-state index in [1.165, 1.54) is 5.56 Å². The molecule has 0 radical (unpaired) electrons. The van der Waals surface area contributed by atoms with E-state index in [0.717, 1.165) is 24.0 Å². The van der Waals surface area contributed by atoms with E-state index in [9.17, 15) is 4.79 Å². The summed E-state index contributed by atoms with van der Waals surface area (Å²) in [7, 11) is 0. The van der Waals surface area contributed by atoms with Crippen LogP contribution in [0.4, 0.5) is 0 Å². The zero-order valence-corrected chi connectivity index (χ0v) is 11.3. The van der Waals surface area contributed by atoms with E-state index in [0.29, 0.717) is 11.5 Å². The first-order chi connectivity index (χ1) is 9.11. The molecule has 1 amide bonds. The molecule has 0 saturated heterocycles. The van der Waals surface area contributed by atoms with Gasteiger partial charge in [0.1, 0.15) is 0 Å². The van der Waals surface area contributed by atoms with Gasteiger partial charge < -0.3 is 0 Å². The second kappa shape index (κ2) is 5.85. The van der Waals surface area contributed by atoms with Crippen molar-refractivity contribution in [2.45, 2.75) is 26.7 Å². The molecule has 0 saturated carbocycles. The molecule has 2 aliphatic carbocycles. The van der Waals surface area contributed by atoms with Gasteiger partial charge in [-0.15, -0.1) is 0 Å². The van der Waals surface area contributed by atoms with Gasteiger partial charge in [0.15, 0.2) is 0 Å². The van der Waals surface area contributed by atoms with Crippen LogP contribution in [-0.4, -0.2) is 11.1 Å². The van der Waals surface area contributed by atoms with Crippen molar-refractivity contribution in [2.75, 3.05) is 0 Å². The number of aryl methyl sites for hydroxylation is 1. The molecule has 0 fully saturated rings. The molecule has 2 aliphatic rings. The SMILES string of the molecule is CC(C)CCc1ccc2cccc(C(=O)NO)cc1-2. The minimum absolute atomic E-state index is 0.467. The van der Waals surface area contributed by atoms with Crippen molar-refractivity contribution in [1.82, 2.24) is 5.48 Å². The van der Waals surface area contributed by atoms with Crippen LogP contribution < -0.4 is 5.48 Å². The van der Waals surface area contributed by atoms with Gasteiger partial charge in [-0.05, 0) is 47.6 Å². The van der Waals surface area contributed by atoms with Gasteiger partial charge in [0.2, 0.25) is 0 Å². The van der Waals surface area contributed by atoms with E-state index >= 15 is 0 Å². The van der Waals surface area contributed by atoms with Crippen LogP contribution in [0.2, 0.25) is 0 Å². The second-order valence-electron chi connectivity index (χ2n) is 5.23. The lowest BCUT2D eigenvalue weighted by Gasteiger charge is -2.05. The van der Waals surface area contributed by atoms with Crippen LogP contribution in [0.3, 0.4) is 0 Å². The molecule has 0 atom stereocenters. The predicted molar refractivity (Wildman–Crippen MR) is 75.5 cm³/mol. The number of carbonyl (C=O) groups excluding carboxylic acids is 1. The average molecular weight is 257 g/mol. The molecule has 0 aromatic rings. The molecule has 100 valence electrons. The Hall–Kier alpha value is -1.87. The number of hydrogen-bond acceptors (Lipinski definition) is 2. The Kier molecular flexibility index (Phi) is 4.17. The summed E-state index contributed by atoms with van der Waals surface area (Å²) in [5, 5.41) is 8.74. The Morgan fingerprint density at radius 1 is 1.26 bits per heavy atom. The molecule has 19 heavy (non-hydrogen) atoms. The van der Waals surface area contributed by atoms with Gasteiger partial charge in [-0.25, -0.2) is 5.48 Å². The number of nitrogens with one attached hydrogen (secondary N) is 1. The van der Waals surface area contributed by atoms with Crippen molar-refractivity contribution in [3.63, 3.8) is 0 Å². The fraction of sp³-hybridized carbons (Fsp3) is 0.312. The fourth-order valence-corrected chi connectivity index (χ4v) is 2.20. The average Bonchev–Trinajstić information content (AvgIpc) is 2.64. The van der Waals surface area contributed by atoms with Crippen LogP contribution in [0.1, 0.15) is 36.2 Å². The van der Waals surface area contributed by atoms with Crippen LogP contribution in [0.15, 0.2) is 36.4 Å². The molecular weight excluding hydrogens is 238 g/mol. The summed E-state index contributed by atoms with van der Waals surface area (Å²) >= 11 is 0. The maximum absolute atomic E-state index is 11.5. The second-order valence-corrected chi connectivity index (χ2v) is 5.23. The quantitative estimate of drug-likeness (QED) is 0.650. The fourth-order valence-electron chi connectivity index (χ4n) is 2.20. The van der Waals surface area contributed by atoms with Crippen LogP contribution >= 0.6 is 0 Å². The number of amides is 1. The minimum Gasteiger partial charge on any atom is -0.288 e. The van der Waals surface area contributed by atoms with Gasteiger partial charge in [-0.2, -0.15) is 0 Å². The number of hydrogen-bond donors (Lipinski definition) is 2. The predicted octanol–water partition coefficient (Wildman–Crippen LogP) is 3.50. The molecule has 2 N–H and O–H groups in total.